The van der Waals surface area contributed by atoms with Gasteiger partial charge >= 0.3 is 5.97 Å². The Kier molecular flexibility index (Phi) is 6.55. The highest BCUT2D eigenvalue weighted by atomic mass is 16.5. The number of carbonyl (C=O) groups excluding carboxylic acids is 1. The van der Waals surface area contributed by atoms with Crippen LogP contribution in [0.4, 0.5) is 5.69 Å². The maximum atomic E-state index is 11.9. The third kappa shape index (κ3) is 5.65. The molecule has 0 saturated carbocycles. The molecule has 1 heterocycles. The van der Waals surface area contributed by atoms with E-state index in [1.54, 1.807) is 31.2 Å². The average Bonchev–Trinajstić information content (AvgIpc) is 3.04. The van der Waals surface area contributed by atoms with Crippen LogP contribution < -0.4 is 5.32 Å². The lowest BCUT2D eigenvalue weighted by molar-refractivity contribution is -0.138. The zero-order valence-corrected chi connectivity index (χ0v) is 13.3. The van der Waals surface area contributed by atoms with Crippen LogP contribution in [0.25, 0.3) is 0 Å². The number of rotatable bonds is 8. The third-order valence-electron chi connectivity index (χ3n) is 3.84. The van der Waals surface area contributed by atoms with Crippen LogP contribution in [0.3, 0.4) is 0 Å². The highest BCUT2D eigenvalue weighted by Gasteiger charge is 2.16. The molecular formula is C17H23NO5. The van der Waals surface area contributed by atoms with Crippen molar-refractivity contribution in [2.75, 3.05) is 25.1 Å². The van der Waals surface area contributed by atoms with Gasteiger partial charge in [-0.15, -0.1) is 0 Å². The van der Waals surface area contributed by atoms with Gasteiger partial charge in [-0.3, -0.25) is 9.59 Å². The maximum absolute atomic E-state index is 11.9. The first-order chi connectivity index (χ1) is 11.1. The number of amides is 1. The quantitative estimate of drug-likeness (QED) is 0.718. The Morgan fingerprint density at radius 3 is 3.00 bits per heavy atom. The number of carbonyl (C=O) groups is 2. The molecule has 0 aliphatic carbocycles. The molecule has 2 atom stereocenters. The molecule has 2 rings (SSSR count). The summed E-state index contributed by atoms with van der Waals surface area (Å²) >= 11 is 0. The van der Waals surface area contributed by atoms with Gasteiger partial charge < -0.3 is 19.9 Å². The summed E-state index contributed by atoms with van der Waals surface area (Å²) in [7, 11) is 0. The molecule has 1 fully saturated rings. The van der Waals surface area contributed by atoms with E-state index in [1.165, 1.54) is 0 Å². The normalized spacial score (nSPS) is 18.6. The van der Waals surface area contributed by atoms with E-state index in [4.69, 9.17) is 14.6 Å². The molecule has 0 spiro atoms. The van der Waals surface area contributed by atoms with Crippen molar-refractivity contribution in [1.82, 2.24) is 0 Å². The molecule has 1 aliphatic heterocycles. The van der Waals surface area contributed by atoms with Gasteiger partial charge in [-0.2, -0.15) is 0 Å². The van der Waals surface area contributed by atoms with Crippen LogP contribution in [0.1, 0.15) is 37.7 Å². The van der Waals surface area contributed by atoms with Gasteiger partial charge in [-0.1, -0.05) is 12.1 Å². The SMILES string of the molecule is CC(C(=O)O)c1cccc(NC(=O)CCOCC2CCCO2)c1. The second-order valence-corrected chi connectivity index (χ2v) is 5.69. The summed E-state index contributed by atoms with van der Waals surface area (Å²) in [5.74, 6) is -1.66. The number of ether oxygens (including phenoxy) is 2. The minimum Gasteiger partial charge on any atom is -0.481 e. The number of hydrogen-bond acceptors (Lipinski definition) is 4. The van der Waals surface area contributed by atoms with Crippen LogP contribution in [-0.4, -0.2) is 42.9 Å². The summed E-state index contributed by atoms with van der Waals surface area (Å²) in [6.45, 7) is 3.28. The fourth-order valence-corrected chi connectivity index (χ4v) is 2.41. The number of carboxylic acid groups (broad SMARTS) is 1. The molecule has 1 aromatic rings. The van der Waals surface area contributed by atoms with Crippen molar-refractivity contribution < 1.29 is 24.2 Å². The zero-order chi connectivity index (χ0) is 16.7. The largest absolute Gasteiger partial charge is 0.481 e. The van der Waals surface area contributed by atoms with Gasteiger partial charge in [0.2, 0.25) is 5.91 Å². The summed E-state index contributed by atoms with van der Waals surface area (Å²) < 4.78 is 10.9. The van der Waals surface area contributed by atoms with E-state index in [1.807, 2.05) is 0 Å². The van der Waals surface area contributed by atoms with E-state index in [-0.39, 0.29) is 18.4 Å². The molecule has 0 bridgehead atoms. The molecule has 126 valence electrons. The number of carboxylic acids is 1. The molecule has 6 nitrogen and oxygen atoms in total. The van der Waals surface area contributed by atoms with Crippen molar-refractivity contribution in [1.29, 1.82) is 0 Å². The van der Waals surface area contributed by atoms with Gasteiger partial charge in [0.15, 0.2) is 0 Å². The molecule has 2 N–H and O–H groups in total. The first kappa shape index (κ1) is 17.4. The van der Waals surface area contributed by atoms with Crippen LogP contribution in [0.5, 0.6) is 0 Å². The standard InChI is InChI=1S/C17H23NO5/c1-12(17(20)21)13-4-2-5-14(10-13)18-16(19)7-9-22-11-15-6-3-8-23-15/h2,4-5,10,12,15H,3,6-9,11H2,1H3,(H,18,19)(H,20,21). The van der Waals surface area contributed by atoms with Crippen molar-refractivity contribution in [2.24, 2.45) is 0 Å². The van der Waals surface area contributed by atoms with E-state index in [9.17, 15) is 9.59 Å². The second kappa shape index (κ2) is 8.64. The molecule has 1 aromatic carbocycles. The Morgan fingerprint density at radius 2 is 2.30 bits per heavy atom. The summed E-state index contributed by atoms with van der Waals surface area (Å²) in [5.41, 5.74) is 1.25. The molecule has 2 unspecified atom stereocenters. The second-order valence-electron chi connectivity index (χ2n) is 5.69. The van der Waals surface area contributed by atoms with Gasteiger partial charge in [-0.05, 0) is 37.5 Å². The smallest absolute Gasteiger partial charge is 0.310 e. The topological polar surface area (TPSA) is 84.9 Å². The minimum absolute atomic E-state index is 0.155. The molecule has 23 heavy (non-hydrogen) atoms. The highest BCUT2D eigenvalue weighted by molar-refractivity contribution is 5.91. The van der Waals surface area contributed by atoms with Crippen molar-refractivity contribution in [3.8, 4) is 0 Å². The number of aliphatic carboxylic acids is 1. The predicted octanol–water partition coefficient (Wildman–Crippen LogP) is 2.40. The van der Waals surface area contributed by atoms with E-state index < -0.39 is 11.9 Å². The Balaban J connectivity index is 1.74. The monoisotopic (exact) mass is 321 g/mol. The predicted molar refractivity (Wildman–Crippen MR) is 85.5 cm³/mol. The molecule has 0 radical (unpaired) electrons. The van der Waals surface area contributed by atoms with Crippen molar-refractivity contribution >= 4 is 17.6 Å². The summed E-state index contributed by atoms with van der Waals surface area (Å²) in [6.07, 6.45) is 2.50. The third-order valence-corrected chi connectivity index (χ3v) is 3.84. The molecule has 6 heteroatoms. The van der Waals surface area contributed by atoms with Gasteiger partial charge in [-0.25, -0.2) is 0 Å². The molecule has 0 aromatic heterocycles. The van der Waals surface area contributed by atoms with E-state index in [0.717, 1.165) is 19.4 Å². The molecule has 1 aliphatic rings. The summed E-state index contributed by atoms with van der Waals surface area (Å²) in [4.78, 5) is 22.9. The molecule has 1 amide bonds. The lowest BCUT2D eigenvalue weighted by Crippen LogP contribution is -2.18. The zero-order valence-electron chi connectivity index (χ0n) is 13.3. The highest BCUT2D eigenvalue weighted by Crippen LogP contribution is 2.19. The Hall–Kier alpha value is -1.92. The number of nitrogens with one attached hydrogen (secondary N) is 1. The van der Waals surface area contributed by atoms with E-state index in [2.05, 4.69) is 5.32 Å². The van der Waals surface area contributed by atoms with Crippen LogP contribution >= 0.6 is 0 Å². The average molecular weight is 321 g/mol. The lowest BCUT2D eigenvalue weighted by atomic mass is 10.0. The number of benzene rings is 1. The molecule has 1 saturated heterocycles. The van der Waals surface area contributed by atoms with Crippen molar-refractivity contribution in [2.45, 2.75) is 38.2 Å². The van der Waals surface area contributed by atoms with Crippen LogP contribution in [0.15, 0.2) is 24.3 Å². The van der Waals surface area contributed by atoms with Crippen LogP contribution in [0, 0.1) is 0 Å². The van der Waals surface area contributed by atoms with Crippen LogP contribution in [-0.2, 0) is 19.1 Å². The van der Waals surface area contributed by atoms with E-state index >= 15 is 0 Å². The molecular weight excluding hydrogens is 298 g/mol. The summed E-state index contributed by atoms with van der Waals surface area (Å²) in [6, 6.07) is 6.89. The number of hydrogen-bond donors (Lipinski definition) is 2. The summed E-state index contributed by atoms with van der Waals surface area (Å²) in [5, 5.41) is 11.8. The Morgan fingerprint density at radius 1 is 1.48 bits per heavy atom. The van der Waals surface area contributed by atoms with E-state index in [0.29, 0.717) is 24.5 Å². The first-order valence-corrected chi connectivity index (χ1v) is 7.88. The van der Waals surface area contributed by atoms with Gasteiger partial charge in [0.1, 0.15) is 0 Å². The lowest BCUT2D eigenvalue weighted by Gasteiger charge is -2.11. The van der Waals surface area contributed by atoms with Gasteiger partial charge in [0.05, 0.1) is 31.7 Å². The fraction of sp³-hybridized carbons (Fsp3) is 0.529. The van der Waals surface area contributed by atoms with Crippen molar-refractivity contribution in [3.05, 3.63) is 29.8 Å². The van der Waals surface area contributed by atoms with Crippen LogP contribution in [0.2, 0.25) is 0 Å². The fourth-order valence-electron chi connectivity index (χ4n) is 2.41. The minimum atomic E-state index is -0.893. The first-order valence-electron chi connectivity index (χ1n) is 7.88. The Labute approximate surface area is 135 Å². The van der Waals surface area contributed by atoms with Gasteiger partial charge in [0.25, 0.3) is 0 Å². The number of anilines is 1. The van der Waals surface area contributed by atoms with Gasteiger partial charge in [0, 0.05) is 12.3 Å². The Bertz CT molecular complexity index is 540. The maximum Gasteiger partial charge on any atom is 0.310 e. The van der Waals surface area contributed by atoms with Crippen molar-refractivity contribution in [3.63, 3.8) is 0 Å².